The summed E-state index contributed by atoms with van der Waals surface area (Å²) in [7, 11) is 0. The van der Waals surface area contributed by atoms with Crippen molar-refractivity contribution in [2.45, 2.75) is 38.7 Å². The Morgan fingerprint density at radius 2 is 1.93 bits per heavy atom. The molecule has 1 atom stereocenters. The molecule has 3 aromatic rings. The van der Waals surface area contributed by atoms with E-state index < -0.39 is 6.10 Å². The summed E-state index contributed by atoms with van der Waals surface area (Å²) in [4.78, 5) is 27.4. The Morgan fingerprint density at radius 3 is 2.60 bits per heavy atom. The largest absolute Gasteiger partial charge is 0.481 e. The van der Waals surface area contributed by atoms with E-state index in [1.807, 2.05) is 6.92 Å². The fourth-order valence-electron chi connectivity index (χ4n) is 3.39. The van der Waals surface area contributed by atoms with E-state index in [9.17, 15) is 9.18 Å². The third-order valence-electron chi connectivity index (χ3n) is 5.09. The Bertz CT molecular complexity index is 998. The number of halogens is 1. The molecular weight excluding hydrogens is 389 g/mol. The van der Waals surface area contributed by atoms with Crippen LogP contribution in [0.15, 0.2) is 41.2 Å². The molecule has 30 heavy (non-hydrogen) atoms. The number of aromatic nitrogens is 4. The molecule has 0 saturated carbocycles. The van der Waals surface area contributed by atoms with Crippen LogP contribution in [0.3, 0.4) is 0 Å². The van der Waals surface area contributed by atoms with Gasteiger partial charge in [-0.15, -0.1) is 0 Å². The predicted octanol–water partition coefficient (Wildman–Crippen LogP) is 3.15. The fourth-order valence-corrected chi connectivity index (χ4v) is 3.39. The molecule has 1 aliphatic heterocycles. The molecule has 1 fully saturated rings. The maximum atomic E-state index is 13.0. The number of benzene rings is 1. The van der Waals surface area contributed by atoms with Gasteiger partial charge in [0.05, 0.1) is 11.9 Å². The second-order valence-electron chi connectivity index (χ2n) is 7.31. The summed E-state index contributed by atoms with van der Waals surface area (Å²) in [6, 6.07) is 5.63. The van der Waals surface area contributed by atoms with Gasteiger partial charge in [0.1, 0.15) is 17.3 Å². The van der Waals surface area contributed by atoms with E-state index >= 15 is 0 Å². The number of ether oxygens (including phenoxy) is 1. The summed E-state index contributed by atoms with van der Waals surface area (Å²) in [5.41, 5.74) is 1.35. The molecule has 4 rings (SSSR count). The molecule has 1 aliphatic rings. The van der Waals surface area contributed by atoms with Crippen LogP contribution in [-0.2, 0) is 4.79 Å². The molecule has 0 radical (unpaired) electrons. The summed E-state index contributed by atoms with van der Waals surface area (Å²) in [6.07, 6.45) is 4.07. The highest BCUT2D eigenvalue weighted by molar-refractivity contribution is 5.81. The van der Waals surface area contributed by atoms with E-state index in [0.717, 1.165) is 18.5 Å². The number of hydrogen-bond acceptors (Lipinski definition) is 7. The molecule has 3 heterocycles. The average molecular weight is 411 g/mol. The van der Waals surface area contributed by atoms with Gasteiger partial charge in [-0.25, -0.2) is 9.37 Å². The molecule has 2 aromatic heterocycles. The molecule has 9 heteroatoms. The zero-order chi connectivity index (χ0) is 21.1. The minimum absolute atomic E-state index is 0.0958. The van der Waals surface area contributed by atoms with E-state index in [-0.39, 0.29) is 17.6 Å². The summed E-state index contributed by atoms with van der Waals surface area (Å²) in [5, 5.41) is 4.09. The smallest absolute Gasteiger partial charge is 0.278 e. The summed E-state index contributed by atoms with van der Waals surface area (Å²) >= 11 is 0. The number of piperidine rings is 1. The number of rotatable bonds is 5. The molecule has 8 nitrogen and oxygen atoms in total. The first-order chi connectivity index (χ1) is 14.5. The van der Waals surface area contributed by atoms with Gasteiger partial charge >= 0.3 is 0 Å². The number of likely N-dealkylation sites (tertiary alicyclic amines) is 1. The summed E-state index contributed by atoms with van der Waals surface area (Å²) in [5.74, 6) is 1.10. The van der Waals surface area contributed by atoms with E-state index in [1.165, 1.54) is 24.3 Å². The topological polar surface area (TPSA) is 94.2 Å². The molecular formula is C21H22FN5O3. The number of amides is 1. The number of carbonyl (C=O) groups excluding carboxylic acids is 1. The lowest BCUT2D eigenvalue weighted by atomic mass is 9.96. The Labute approximate surface area is 173 Å². The van der Waals surface area contributed by atoms with Gasteiger partial charge in [-0.3, -0.25) is 9.78 Å². The summed E-state index contributed by atoms with van der Waals surface area (Å²) in [6.45, 7) is 4.71. The van der Waals surface area contributed by atoms with Crippen molar-refractivity contribution < 1.29 is 18.4 Å². The van der Waals surface area contributed by atoms with Crippen LogP contribution in [0.25, 0.3) is 11.6 Å². The van der Waals surface area contributed by atoms with Gasteiger partial charge in [0.25, 0.3) is 11.8 Å². The van der Waals surface area contributed by atoms with Gasteiger partial charge in [-0.05, 0) is 51.0 Å². The standard InChI is InChI=1S/C21H22FN5O3/c1-13-11-24-18(12-23-13)20-25-19(26-30-20)15-7-9-27(10-8-15)21(28)14(2)29-17-5-3-16(22)4-6-17/h3-6,11-12,14-15H,7-10H2,1-2H3/t14-/m0/s1. The van der Waals surface area contributed by atoms with Gasteiger partial charge in [0.2, 0.25) is 0 Å². The third kappa shape index (κ3) is 4.45. The van der Waals surface area contributed by atoms with E-state index in [4.69, 9.17) is 9.26 Å². The molecule has 0 spiro atoms. The second kappa shape index (κ2) is 8.56. The van der Waals surface area contributed by atoms with Crippen LogP contribution in [-0.4, -0.2) is 50.1 Å². The molecule has 1 saturated heterocycles. The highest BCUT2D eigenvalue weighted by Crippen LogP contribution is 2.28. The first-order valence-electron chi connectivity index (χ1n) is 9.83. The maximum absolute atomic E-state index is 13.0. The Morgan fingerprint density at radius 1 is 1.20 bits per heavy atom. The van der Waals surface area contributed by atoms with Crippen LogP contribution in [0.5, 0.6) is 5.75 Å². The van der Waals surface area contributed by atoms with Crippen LogP contribution in [0.1, 0.15) is 37.2 Å². The second-order valence-corrected chi connectivity index (χ2v) is 7.31. The van der Waals surface area contributed by atoms with Gasteiger partial charge in [-0.1, -0.05) is 5.16 Å². The van der Waals surface area contributed by atoms with E-state index in [1.54, 1.807) is 24.2 Å². The van der Waals surface area contributed by atoms with E-state index in [2.05, 4.69) is 20.1 Å². The first-order valence-corrected chi connectivity index (χ1v) is 9.83. The minimum atomic E-state index is -0.649. The van der Waals surface area contributed by atoms with Gasteiger partial charge < -0.3 is 14.2 Å². The third-order valence-corrected chi connectivity index (χ3v) is 5.09. The normalized spacial score (nSPS) is 15.8. The Balaban J connectivity index is 1.32. The first kappa shape index (κ1) is 19.9. The highest BCUT2D eigenvalue weighted by atomic mass is 19.1. The zero-order valence-corrected chi connectivity index (χ0v) is 16.8. The lowest BCUT2D eigenvalue weighted by Crippen LogP contribution is -2.44. The quantitative estimate of drug-likeness (QED) is 0.636. The molecule has 0 N–H and O–H groups in total. The Hall–Kier alpha value is -3.36. The summed E-state index contributed by atoms with van der Waals surface area (Å²) < 4.78 is 24.0. The van der Waals surface area contributed by atoms with Crippen molar-refractivity contribution in [2.75, 3.05) is 13.1 Å². The van der Waals surface area contributed by atoms with Crippen molar-refractivity contribution >= 4 is 5.91 Å². The van der Waals surface area contributed by atoms with Gasteiger partial charge in [0, 0.05) is 25.2 Å². The molecule has 0 unspecified atom stereocenters. The highest BCUT2D eigenvalue weighted by Gasteiger charge is 2.30. The lowest BCUT2D eigenvalue weighted by Gasteiger charge is -2.32. The number of hydrogen-bond donors (Lipinski definition) is 0. The van der Waals surface area contributed by atoms with E-state index in [0.29, 0.717) is 36.2 Å². The van der Waals surface area contributed by atoms with Crippen molar-refractivity contribution in [1.29, 1.82) is 0 Å². The van der Waals surface area contributed by atoms with Gasteiger partial charge in [-0.2, -0.15) is 4.98 Å². The van der Waals surface area contributed by atoms with Crippen molar-refractivity contribution in [1.82, 2.24) is 25.0 Å². The minimum Gasteiger partial charge on any atom is -0.481 e. The predicted molar refractivity (Wildman–Crippen MR) is 105 cm³/mol. The van der Waals surface area contributed by atoms with Crippen LogP contribution in [0.2, 0.25) is 0 Å². The zero-order valence-electron chi connectivity index (χ0n) is 16.8. The van der Waals surface area contributed by atoms with Crippen LogP contribution in [0, 0.1) is 12.7 Å². The SMILES string of the molecule is Cc1cnc(-c2nc(C3CCN(C(=O)[C@H](C)Oc4ccc(F)cc4)CC3)no2)cn1. The molecule has 1 amide bonds. The fraction of sp³-hybridized carbons (Fsp3) is 0.381. The van der Waals surface area contributed by atoms with Crippen LogP contribution < -0.4 is 4.74 Å². The van der Waals surface area contributed by atoms with Crippen molar-refractivity contribution in [3.05, 3.63) is 54.0 Å². The van der Waals surface area contributed by atoms with Crippen molar-refractivity contribution in [3.63, 3.8) is 0 Å². The van der Waals surface area contributed by atoms with Crippen LogP contribution >= 0.6 is 0 Å². The van der Waals surface area contributed by atoms with Crippen molar-refractivity contribution in [2.24, 2.45) is 0 Å². The monoisotopic (exact) mass is 411 g/mol. The molecule has 0 aliphatic carbocycles. The Kier molecular flexibility index (Phi) is 5.69. The molecule has 0 bridgehead atoms. The van der Waals surface area contributed by atoms with Gasteiger partial charge in [0.15, 0.2) is 11.9 Å². The lowest BCUT2D eigenvalue weighted by molar-refractivity contribution is -0.139. The number of aryl methyl sites for hydroxylation is 1. The molecule has 156 valence electrons. The number of carbonyl (C=O) groups is 1. The maximum Gasteiger partial charge on any atom is 0.278 e. The number of nitrogens with zero attached hydrogens (tertiary/aromatic N) is 5. The van der Waals surface area contributed by atoms with Crippen LogP contribution in [0.4, 0.5) is 4.39 Å². The van der Waals surface area contributed by atoms with Crippen molar-refractivity contribution in [3.8, 4) is 17.3 Å². The average Bonchev–Trinajstić information content (AvgIpc) is 3.26. The molecule has 1 aromatic carbocycles.